The first kappa shape index (κ1) is 12.2. The molecule has 2 heterocycles. The summed E-state index contributed by atoms with van der Waals surface area (Å²) in [6, 6.07) is 1.02. The van der Waals surface area contributed by atoms with Crippen LogP contribution in [0.1, 0.15) is 23.3 Å². The van der Waals surface area contributed by atoms with Crippen LogP contribution < -0.4 is 0 Å². The molecule has 1 aromatic rings. The molecule has 5 nitrogen and oxygen atoms in total. The van der Waals surface area contributed by atoms with Gasteiger partial charge in [0.25, 0.3) is 5.91 Å². The molecule has 0 radical (unpaired) electrons. The van der Waals surface area contributed by atoms with Crippen molar-refractivity contribution in [2.45, 2.75) is 18.9 Å². The fourth-order valence-corrected chi connectivity index (χ4v) is 2.67. The molecule has 1 aliphatic rings. The van der Waals surface area contributed by atoms with Crippen LogP contribution in [-0.4, -0.2) is 39.0 Å². The summed E-state index contributed by atoms with van der Waals surface area (Å²) in [6.45, 7) is 0.512. The first-order chi connectivity index (χ1) is 8.00. The van der Waals surface area contributed by atoms with E-state index in [1.165, 1.54) is 4.90 Å². The van der Waals surface area contributed by atoms with Gasteiger partial charge < -0.3 is 14.6 Å². The van der Waals surface area contributed by atoms with Crippen LogP contribution >= 0.6 is 15.9 Å². The van der Waals surface area contributed by atoms with Gasteiger partial charge in [0.1, 0.15) is 11.7 Å². The van der Waals surface area contributed by atoms with Gasteiger partial charge in [-0.05, 0) is 34.8 Å². The summed E-state index contributed by atoms with van der Waals surface area (Å²) in [7, 11) is 1.77. The number of carboxylic acids is 1. The second-order valence-corrected chi connectivity index (χ2v) is 5.06. The van der Waals surface area contributed by atoms with Gasteiger partial charge in [0.2, 0.25) is 0 Å². The van der Waals surface area contributed by atoms with Gasteiger partial charge in [-0.2, -0.15) is 0 Å². The number of halogens is 1. The van der Waals surface area contributed by atoms with Crippen LogP contribution in [0.2, 0.25) is 0 Å². The topological polar surface area (TPSA) is 62.5 Å². The van der Waals surface area contributed by atoms with Gasteiger partial charge in [-0.25, -0.2) is 4.79 Å². The Labute approximate surface area is 107 Å². The SMILES string of the molecule is Cn1cc(Br)cc1C(=O)N1CCC[C@H]1C(=O)O. The maximum Gasteiger partial charge on any atom is 0.326 e. The zero-order chi connectivity index (χ0) is 12.6. The summed E-state index contributed by atoms with van der Waals surface area (Å²) in [4.78, 5) is 24.7. The number of carboxylic acid groups (broad SMARTS) is 1. The molecular weight excluding hydrogens is 288 g/mol. The minimum atomic E-state index is -0.927. The highest BCUT2D eigenvalue weighted by Crippen LogP contribution is 2.22. The monoisotopic (exact) mass is 300 g/mol. The number of hydrogen-bond donors (Lipinski definition) is 1. The lowest BCUT2D eigenvalue weighted by molar-refractivity contribution is -0.141. The van der Waals surface area contributed by atoms with Gasteiger partial charge in [-0.1, -0.05) is 0 Å². The van der Waals surface area contributed by atoms with Crippen LogP contribution in [0.5, 0.6) is 0 Å². The Balaban J connectivity index is 2.25. The third-order valence-corrected chi connectivity index (χ3v) is 3.42. The molecule has 1 aromatic heterocycles. The largest absolute Gasteiger partial charge is 0.480 e. The van der Waals surface area contributed by atoms with Crippen LogP contribution in [0.15, 0.2) is 16.7 Å². The number of aryl methyl sites for hydroxylation is 1. The van der Waals surface area contributed by atoms with Gasteiger partial charge >= 0.3 is 5.97 Å². The van der Waals surface area contributed by atoms with Gasteiger partial charge in [-0.3, -0.25) is 4.79 Å². The first-order valence-corrected chi connectivity index (χ1v) is 6.15. The molecule has 92 valence electrons. The number of nitrogens with zero attached hydrogens (tertiary/aromatic N) is 2. The summed E-state index contributed by atoms with van der Waals surface area (Å²) in [5, 5.41) is 9.04. The van der Waals surface area contributed by atoms with E-state index in [4.69, 9.17) is 5.11 Å². The number of carbonyl (C=O) groups excluding carboxylic acids is 1. The molecule has 0 unspecified atom stereocenters. The third-order valence-electron chi connectivity index (χ3n) is 2.99. The summed E-state index contributed by atoms with van der Waals surface area (Å²) in [5.41, 5.74) is 0.505. The van der Waals surface area contributed by atoms with Gasteiger partial charge in [0, 0.05) is 24.3 Å². The zero-order valence-electron chi connectivity index (χ0n) is 9.39. The molecule has 17 heavy (non-hydrogen) atoms. The lowest BCUT2D eigenvalue weighted by Gasteiger charge is -2.21. The molecule has 0 aromatic carbocycles. The molecule has 1 N–H and O–H groups in total. The second kappa shape index (κ2) is 4.52. The Hall–Kier alpha value is -1.30. The summed E-state index contributed by atoms with van der Waals surface area (Å²) in [5.74, 6) is -1.15. The van der Waals surface area contributed by atoms with Crippen molar-refractivity contribution in [2.75, 3.05) is 6.54 Å². The van der Waals surface area contributed by atoms with Crippen LogP contribution in [0.4, 0.5) is 0 Å². The van der Waals surface area contributed by atoms with Crippen LogP contribution in [0.3, 0.4) is 0 Å². The summed E-state index contributed by atoms with van der Waals surface area (Å²) in [6.07, 6.45) is 3.06. The fourth-order valence-electron chi connectivity index (χ4n) is 2.15. The average Bonchev–Trinajstić information content (AvgIpc) is 2.83. The Morgan fingerprint density at radius 2 is 2.24 bits per heavy atom. The van der Waals surface area contributed by atoms with E-state index < -0.39 is 12.0 Å². The first-order valence-electron chi connectivity index (χ1n) is 5.36. The molecule has 1 aliphatic heterocycles. The minimum absolute atomic E-state index is 0.219. The Kier molecular flexibility index (Phi) is 3.24. The van der Waals surface area contributed by atoms with Crippen molar-refractivity contribution in [1.82, 2.24) is 9.47 Å². The molecule has 0 bridgehead atoms. The Bertz CT molecular complexity index is 469. The summed E-state index contributed by atoms with van der Waals surface area (Å²) >= 11 is 3.30. The number of amides is 1. The highest BCUT2D eigenvalue weighted by molar-refractivity contribution is 9.10. The number of hydrogen-bond acceptors (Lipinski definition) is 2. The number of rotatable bonds is 2. The van der Waals surface area contributed by atoms with E-state index in [-0.39, 0.29) is 5.91 Å². The predicted octanol–water partition coefficient (Wildman–Crippen LogP) is 1.48. The van der Waals surface area contributed by atoms with Crippen molar-refractivity contribution in [3.63, 3.8) is 0 Å². The van der Waals surface area contributed by atoms with Gasteiger partial charge in [-0.15, -0.1) is 0 Å². The van der Waals surface area contributed by atoms with Crippen LogP contribution in [-0.2, 0) is 11.8 Å². The van der Waals surface area contributed by atoms with E-state index in [1.54, 1.807) is 23.9 Å². The minimum Gasteiger partial charge on any atom is -0.480 e. The van der Waals surface area contributed by atoms with Crippen molar-refractivity contribution < 1.29 is 14.7 Å². The van der Waals surface area contributed by atoms with Crippen molar-refractivity contribution in [2.24, 2.45) is 7.05 Å². The van der Waals surface area contributed by atoms with Crippen molar-refractivity contribution in [1.29, 1.82) is 0 Å². The van der Waals surface area contributed by atoms with Crippen molar-refractivity contribution in [3.05, 3.63) is 22.4 Å². The van der Waals surface area contributed by atoms with E-state index in [0.29, 0.717) is 18.7 Å². The standard InChI is InChI=1S/C11H13BrN2O3/c1-13-6-7(12)5-9(13)10(15)14-4-2-3-8(14)11(16)17/h5-6,8H,2-4H2,1H3,(H,16,17)/t8-/m0/s1. The van der Waals surface area contributed by atoms with Crippen molar-refractivity contribution >= 4 is 27.8 Å². The molecule has 2 rings (SSSR count). The molecular formula is C11H13BrN2O3. The molecule has 1 saturated heterocycles. The van der Waals surface area contributed by atoms with Crippen molar-refractivity contribution in [3.8, 4) is 0 Å². The second-order valence-electron chi connectivity index (χ2n) is 4.15. The lowest BCUT2D eigenvalue weighted by Crippen LogP contribution is -2.41. The fraction of sp³-hybridized carbons (Fsp3) is 0.455. The molecule has 6 heteroatoms. The highest BCUT2D eigenvalue weighted by Gasteiger charge is 2.35. The summed E-state index contributed by atoms with van der Waals surface area (Å²) < 4.78 is 2.51. The van der Waals surface area contributed by atoms with Crippen LogP contribution in [0, 0.1) is 0 Å². The number of aromatic nitrogens is 1. The molecule has 1 amide bonds. The molecule has 1 atom stereocenters. The lowest BCUT2D eigenvalue weighted by atomic mass is 10.2. The van der Waals surface area contributed by atoms with E-state index in [0.717, 1.165) is 10.9 Å². The normalized spacial score (nSPS) is 19.6. The van der Waals surface area contributed by atoms with E-state index >= 15 is 0 Å². The molecule has 1 fully saturated rings. The highest BCUT2D eigenvalue weighted by atomic mass is 79.9. The number of aliphatic carboxylic acids is 1. The Morgan fingerprint density at radius 1 is 1.53 bits per heavy atom. The van der Waals surface area contributed by atoms with Crippen LogP contribution in [0.25, 0.3) is 0 Å². The quantitative estimate of drug-likeness (QED) is 0.900. The van der Waals surface area contributed by atoms with E-state index in [2.05, 4.69) is 15.9 Å². The predicted molar refractivity (Wildman–Crippen MR) is 64.8 cm³/mol. The molecule has 0 spiro atoms. The van der Waals surface area contributed by atoms with Gasteiger partial charge in [0.15, 0.2) is 0 Å². The molecule has 0 saturated carbocycles. The van der Waals surface area contributed by atoms with E-state index in [1.807, 2.05) is 0 Å². The smallest absolute Gasteiger partial charge is 0.326 e. The third kappa shape index (κ3) is 2.22. The molecule has 0 aliphatic carbocycles. The maximum absolute atomic E-state index is 12.2. The Morgan fingerprint density at radius 3 is 2.76 bits per heavy atom. The van der Waals surface area contributed by atoms with Gasteiger partial charge in [0.05, 0.1) is 0 Å². The van der Waals surface area contributed by atoms with E-state index in [9.17, 15) is 9.59 Å². The number of likely N-dealkylation sites (tertiary alicyclic amines) is 1. The maximum atomic E-state index is 12.2. The number of carbonyl (C=O) groups is 2. The average molecular weight is 301 g/mol. The zero-order valence-corrected chi connectivity index (χ0v) is 11.0.